The second-order valence-corrected chi connectivity index (χ2v) is 5.19. The van der Waals surface area contributed by atoms with E-state index in [0.29, 0.717) is 28.5 Å². The monoisotopic (exact) mass is 341 g/mol. The topological polar surface area (TPSA) is 91.8 Å². The Morgan fingerprint density at radius 1 is 1.12 bits per heavy atom. The van der Waals surface area contributed by atoms with E-state index < -0.39 is 5.97 Å². The van der Waals surface area contributed by atoms with Gasteiger partial charge in [-0.05, 0) is 31.2 Å². The van der Waals surface area contributed by atoms with Gasteiger partial charge in [0.1, 0.15) is 18.1 Å². The number of rotatable bonds is 7. The lowest BCUT2D eigenvalue weighted by Gasteiger charge is -2.06. The molecule has 0 aliphatic carbocycles. The second kappa shape index (κ2) is 7.48. The standard InChI is InChI=1S/C18H15NO6/c1-12(20)13-4-2-5-15(8-13)23-11-18(21)24-10-14-9-17(25-19-14)16-6-3-7-22-16/h2-9H,10-11H2,1H3. The van der Waals surface area contributed by atoms with Gasteiger partial charge in [-0.15, -0.1) is 0 Å². The molecule has 0 amide bonds. The molecule has 0 N–H and O–H groups in total. The SMILES string of the molecule is CC(=O)c1cccc(OCC(=O)OCc2cc(-c3ccco3)on2)c1. The molecule has 0 bridgehead atoms. The Labute approximate surface area is 143 Å². The van der Waals surface area contributed by atoms with Gasteiger partial charge >= 0.3 is 5.97 Å². The molecule has 25 heavy (non-hydrogen) atoms. The van der Waals surface area contributed by atoms with Crippen LogP contribution in [-0.4, -0.2) is 23.5 Å². The summed E-state index contributed by atoms with van der Waals surface area (Å²) in [4.78, 5) is 23.1. The molecular weight excluding hydrogens is 326 g/mol. The largest absolute Gasteiger partial charge is 0.482 e. The van der Waals surface area contributed by atoms with Crippen molar-refractivity contribution in [2.45, 2.75) is 13.5 Å². The lowest BCUT2D eigenvalue weighted by Crippen LogP contribution is -2.15. The molecule has 0 saturated heterocycles. The van der Waals surface area contributed by atoms with Crippen LogP contribution in [0.15, 0.2) is 57.7 Å². The van der Waals surface area contributed by atoms with Crippen molar-refractivity contribution >= 4 is 11.8 Å². The third kappa shape index (κ3) is 4.35. The number of Topliss-reactive ketones (excluding diaryl/α,β-unsaturated/α-hetero) is 1. The maximum absolute atomic E-state index is 11.8. The van der Waals surface area contributed by atoms with Crippen LogP contribution >= 0.6 is 0 Å². The predicted molar refractivity (Wildman–Crippen MR) is 85.9 cm³/mol. The summed E-state index contributed by atoms with van der Waals surface area (Å²) >= 11 is 0. The van der Waals surface area contributed by atoms with Gasteiger partial charge in [-0.1, -0.05) is 17.3 Å². The molecule has 3 aromatic rings. The highest BCUT2D eigenvalue weighted by Crippen LogP contribution is 2.20. The van der Waals surface area contributed by atoms with Crippen molar-refractivity contribution in [1.29, 1.82) is 0 Å². The zero-order chi connectivity index (χ0) is 17.6. The van der Waals surface area contributed by atoms with Crippen LogP contribution in [0.1, 0.15) is 23.0 Å². The summed E-state index contributed by atoms with van der Waals surface area (Å²) in [6, 6.07) is 11.7. The first-order valence-corrected chi connectivity index (χ1v) is 7.51. The van der Waals surface area contributed by atoms with Gasteiger partial charge < -0.3 is 18.4 Å². The molecule has 2 aromatic heterocycles. The van der Waals surface area contributed by atoms with E-state index in [9.17, 15) is 9.59 Å². The first-order valence-electron chi connectivity index (χ1n) is 7.51. The van der Waals surface area contributed by atoms with Crippen LogP contribution < -0.4 is 4.74 Å². The number of furan rings is 1. The zero-order valence-electron chi connectivity index (χ0n) is 13.4. The molecular formula is C18H15NO6. The number of carbonyl (C=O) groups excluding carboxylic acids is 2. The summed E-state index contributed by atoms with van der Waals surface area (Å²) in [7, 11) is 0. The highest BCUT2D eigenvalue weighted by atomic mass is 16.6. The fourth-order valence-corrected chi connectivity index (χ4v) is 2.06. The van der Waals surface area contributed by atoms with Crippen LogP contribution in [0.4, 0.5) is 0 Å². The van der Waals surface area contributed by atoms with Crippen molar-refractivity contribution in [1.82, 2.24) is 5.16 Å². The highest BCUT2D eigenvalue weighted by Gasteiger charge is 2.11. The van der Waals surface area contributed by atoms with Crippen LogP contribution in [0.5, 0.6) is 5.75 Å². The molecule has 0 aliphatic rings. The Bertz CT molecular complexity index is 865. The van der Waals surface area contributed by atoms with E-state index in [4.69, 9.17) is 18.4 Å². The van der Waals surface area contributed by atoms with E-state index >= 15 is 0 Å². The molecule has 7 heteroatoms. The predicted octanol–water partition coefficient (Wildman–Crippen LogP) is 3.26. The van der Waals surface area contributed by atoms with Crippen LogP contribution in [-0.2, 0) is 16.1 Å². The fraction of sp³-hybridized carbons (Fsp3) is 0.167. The van der Waals surface area contributed by atoms with Crippen LogP contribution in [0, 0.1) is 0 Å². The summed E-state index contributed by atoms with van der Waals surface area (Å²) in [6.45, 7) is 1.15. The Kier molecular flexibility index (Phi) is 4.94. The Balaban J connectivity index is 1.48. The third-order valence-electron chi connectivity index (χ3n) is 3.30. The van der Waals surface area contributed by atoms with Crippen LogP contribution in [0.25, 0.3) is 11.5 Å². The van der Waals surface area contributed by atoms with E-state index in [2.05, 4.69) is 5.16 Å². The molecule has 0 saturated carbocycles. The maximum Gasteiger partial charge on any atom is 0.344 e. The van der Waals surface area contributed by atoms with E-state index in [1.165, 1.54) is 13.2 Å². The smallest absolute Gasteiger partial charge is 0.344 e. The van der Waals surface area contributed by atoms with E-state index in [-0.39, 0.29) is 19.0 Å². The number of esters is 1. The first kappa shape index (κ1) is 16.5. The number of hydrogen-bond acceptors (Lipinski definition) is 7. The van der Waals surface area contributed by atoms with Gasteiger partial charge in [0.25, 0.3) is 0 Å². The normalized spacial score (nSPS) is 10.4. The molecule has 1 aromatic carbocycles. The molecule has 0 unspecified atom stereocenters. The summed E-state index contributed by atoms with van der Waals surface area (Å²) in [6.07, 6.45) is 1.52. The molecule has 2 heterocycles. The molecule has 3 rings (SSSR count). The van der Waals surface area contributed by atoms with E-state index in [1.807, 2.05) is 0 Å². The molecule has 7 nitrogen and oxygen atoms in total. The minimum absolute atomic E-state index is 0.0418. The zero-order valence-corrected chi connectivity index (χ0v) is 13.4. The number of carbonyl (C=O) groups is 2. The maximum atomic E-state index is 11.8. The Hall–Kier alpha value is -3.35. The lowest BCUT2D eigenvalue weighted by atomic mass is 10.1. The summed E-state index contributed by atoms with van der Waals surface area (Å²) < 4.78 is 20.7. The van der Waals surface area contributed by atoms with Crippen molar-refractivity contribution < 1.29 is 28.0 Å². The number of ether oxygens (including phenoxy) is 2. The highest BCUT2D eigenvalue weighted by molar-refractivity contribution is 5.94. The molecule has 0 spiro atoms. The number of hydrogen-bond donors (Lipinski definition) is 0. The number of aromatic nitrogens is 1. The van der Waals surface area contributed by atoms with Gasteiger partial charge in [-0.3, -0.25) is 4.79 Å². The molecule has 0 radical (unpaired) electrons. The van der Waals surface area contributed by atoms with Gasteiger partial charge in [0.05, 0.1) is 6.26 Å². The summed E-state index contributed by atoms with van der Waals surface area (Å²) in [5.74, 6) is 0.778. The first-order chi connectivity index (χ1) is 12.1. The van der Waals surface area contributed by atoms with Crippen LogP contribution in [0.2, 0.25) is 0 Å². The van der Waals surface area contributed by atoms with Crippen molar-refractivity contribution in [2.24, 2.45) is 0 Å². The van der Waals surface area contributed by atoms with Gasteiger partial charge in [-0.2, -0.15) is 0 Å². The van der Waals surface area contributed by atoms with E-state index in [1.54, 1.807) is 42.5 Å². The minimum Gasteiger partial charge on any atom is -0.482 e. The van der Waals surface area contributed by atoms with Crippen molar-refractivity contribution in [3.05, 3.63) is 60.0 Å². The Morgan fingerprint density at radius 2 is 2.00 bits per heavy atom. The molecule has 128 valence electrons. The third-order valence-corrected chi connectivity index (χ3v) is 3.30. The van der Waals surface area contributed by atoms with Gasteiger partial charge in [0, 0.05) is 11.6 Å². The van der Waals surface area contributed by atoms with Gasteiger partial charge in [0.15, 0.2) is 18.2 Å². The quantitative estimate of drug-likeness (QED) is 0.481. The average molecular weight is 341 g/mol. The fourth-order valence-electron chi connectivity index (χ4n) is 2.06. The second-order valence-electron chi connectivity index (χ2n) is 5.19. The molecule has 0 fully saturated rings. The van der Waals surface area contributed by atoms with Gasteiger partial charge in [0.2, 0.25) is 5.76 Å². The average Bonchev–Trinajstić information content (AvgIpc) is 3.29. The molecule has 0 aliphatic heterocycles. The van der Waals surface area contributed by atoms with Crippen molar-refractivity contribution in [3.8, 4) is 17.3 Å². The number of ketones is 1. The van der Waals surface area contributed by atoms with Gasteiger partial charge in [-0.25, -0.2) is 4.79 Å². The molecule has 0 atom stereocenters. The minimum atomic E-state index is -0.559. The summed E-state index contributed by atoms with van der Waals surface area (Å²) in [5.41, 5.74) is 0.970. The lowest BCUT2D eigenvalue weighted by molar-refractivity contribution is -0.147. The van der Waals surface area contributed by atoms with Crippen LogP contribution in [0.3, 0.4) is 0 Å². The Morgan fingerprint density at radius 3 is 2.76 bits per heavy atom. The van der Waals surface area contributed by atoms with E-state index in [0.717, 1.165) is 0 Å². The van der Waals surface area contributed by atoms with Crippen molar-refractivity contribution in [2.75, 3.05) is 6.61 Å². The van der Waals surface area contributed by atoms with Crippen molar-refractivity contribution in [3.63, 3.8) is 0 Å². The summed E-state index contributed by atoms with van der Waals surface area (Å²) in [5, 5.41) is 3.80. The number of nitrogens with zero attached hydrogens (tertiary/aromatic N) is 1. The number of benzene rings is 1.